The molecule has 0 radical (unpaired) electrons. The second-order valence-corrected chi connectivity index (χ2v) is 10.6. The Morgan fingerprint density at radius 3 is 2.60 bits per heavy atom. The van der Waals surface area contributed by atoms with E-state index < -0.39 is 18.2 Å². The highest BCUT2D eigenvalue weighted by atomic mass is 32.2. The van der Waals surface area contributed by atoms with Crippen molar-refractivity contribution in [3.63, 3.8) is 0 Å². The number of urea groups is 1. The first-order chi connectivity index (χ1) is 20.5. The number of amides is 3. The Labute approximate surface area is 247 Å². The number of thioether (sulfide) groups is 1. The van der Waals surface area contributed by atoms with E-state index in [1.807, 2.05) is 13.8 Å². The quantitative estimate of drug-likeness (QED) is 0.241. The molecule has 1 saturated heterocycles. The standard InChI is InChI=1S/C29H24F4N6O3S/c1-17(2)23-13-20(30)6-11-24(23)39-25(40)15-43-28(39)36-27(41)34-14-18-4-3-5-19(12-18)26-35-16-38(37-26)21-7-9-22(10-8-21)42-29(31,32)33/h3-13,16-17H,14-15H2,1-2H3,(H,34,41). The van der Waals surface area contributed by atoms with Crippen LogP contribution in [0.25, 0.3) is 17.1 Å². The fourth-order valence-electron chi connectivity index (χ4n) is 4.32. The van der Waals surface area contributed by atoms with Crippen LogP contribution in [-0.2, 0) is 11.3 Å². The fourth-order valence-corrected chi connectivity index (χ4v) is 5.18. The molecule has 3 aromatic carbocycles. The number of nitrogens with one attached hydrogen (secondary N) is 1. The molecular weight excluding hydrogens is 588 g/mol. The number of rotatable bonds is 7. The predicted molar refractivity (Wildman–Crippen MR) is 154 cm³/mol. The molecule has 0 spiro atoms. The Kier molecular flexibility index (Phi) is 8.48. The fraction of sp³-hybridized carbons (Fsp3) is 0.207. The van der Waals surface area contributed by atoms with Gasteiger partial charge in [-0.1, -0.05) is 43.8 Å². The molecule has 0 atom stereocenters. The van der Waals surface area contributed by atoms with Crippen molar-refractivity contribution in [1.82, 2.24) is 20.1 Å². The first-order valence-electron chi connectivity index (χ1n) is 13.0. The van der Waals surface area contributed by atoms with Crippen LogP contribution in [0.3, 0.4) is 0 Å². The van der Waals surface area contributed by atoms with Gasteiger partial charge in [0.2, 0.25) is 5.91 Å². The molecule has 5 rings (SSSR count). The topological polar surface area (TPSA) is 102 Å². The van der Waals surface area contributed by atoms with Crippen molar-refractivity contribution in [1.29, 1.82) is 0 Å². The van der Waals surface area contributed by atoms with Crippen LogP contribution in [0.4, 0.5) is 28.0 Å². The summed E-state index contributed by atoms with van der Waals surface area (Å²) in [5.41, 5.74) is 2.97. The van der Waals surface area contributed by atoms with Crippen molar-refractivity contribution >= 4 is 34.6 Å². The molecule has 3 amide bonds. The maximum atomic E-state index is 13.9. The van der Waals surface area contributed by atoms with Gasteiger partial charge in [0.25, 0.3) is 0 Å². The molecular formula is C29H24F4N6O3S. The molecule has 0 aliphatic carbocycles. The van der Waals surface area contributed by atoms with Crippen LogP contribution in [-0.4, -0.2) is 44.0 Å². The number of amidine groups is 1. The van der Waals surface area contributed by atoms with Gasteiger partial charge in [-0.2, -0.15) is 4.99 Å². The molecule has 1 fully saturated rings. The van der Waals surface area contributed by atoms with Crippen molar-refractivity contribution in [2.75, 3.05) is 10.7 Å². The molecule has 1 aromatic heterocycles. The van der Waals surface area contributed by atoms with Crippen LogP contribution < -0.4 is 15.0 Å². The van der Waals surface area contributed by atoms with Gasteiger partial charge in [0.1, 0.15) is 17.9 Å². The number of alkyl halides is 3. The first kappa shape index (κ1) is 29.8. The lowest BCUT2D eigenvalue weighted by molar-refractivity contribution is -0.274. The summed E-state index contributed by atoms with van der Waals surface area (Å²) in [6.45, 7) is 3.90. The maximum Gasteiger partial charge on any atom is 0.573 e. The molecule has 9 nitrogen and oxygen atoms in total. The number of halogens is 4. The molecule has 222 valence electrons. The lowest BCUT2D eigenvalue weighted by Crippen LogP contribution is -2.32. The highest BCUT2D eigenvalue weighted by molar-refractivity contribution is 8.15. The minimum atomic E-state index is -4.78. The van der Waals surface area contributed by atoms with Crippen molar-refractivity contribution in [2.24, 2.45) is 4.99 Å². The van der Waals surface area contributed by atoms with Crippen LogP contribution in [0, 0.1) is 5.82 Å². The SMILES string of the molecule is CC(C)c1cc(F)ccc1N1C(=O)CSC1=NC(=O)NCc1cccc(-c2ncn(-c3ccc(OC(F)(F)F)cc3)n2)c1. The van der Waals surface area contributed by atoms with E-state index in [-0.39, 0.29) is 35.0 Å². The molecule has 1 aliphatic rings. The number of benzene rings is 3. The van der Waals surface area contributed by atoms with E-state index in [9.17, 15) is 27.2 Å². The second-order valence-electron chi connectivity index (χ2n) is 9.68. The largest absolute Gasteiger partial charge is 0.573 e. The van der Waals surface area contributed by atoms with Gasteiger partial charge in [-0.3, -0.25) is 9.69 Å². The average Bonchev–Trinajstić information content (AvgIpc) is 3.59. The lowest BCUT2D eigenvalue weighted by Gasteiger charge is -2.21. The van der Waals surface area contributed by atoms with Crippen LogP contribution in [0.5, 0.6) is 5.75 Å². The molecule has 1 N–H and O–H groups in total. The molecule has 1 aliphatic heterocycles. The second kappa shape index (κ2) is 12.3. The van der Waals surface area contributed by atoms with Gasteiger partial charge < -0.3 is 10.1 Å². The highest BCUT2D eigenvalue weighted by Gasteiger charge is 2.33. The molecule has 2 heterocycles. The molecule has 43 heavy (non-hydrogen) atoms. The number of nitrogens with zero attached hydrogens (tertiary/aromatic N) is 5. The molecule has 0 unspecified atom stereocenters. The van der Waals surface area contributed by atoms with E-state index >= 15 is 0 Å². The highest BCUT2D eigenvalue weighted by Crippen LogP contribution is 2.34. The van der Waals surface area contributed by atoms with Crippen molar-refractivity contribution in [2.45, 2.75) is 32.7 Å². The third kappa shape index (κ3) is 7.20. The zero-order chi connectivity index (χ0) is 30.7. The number of carbonyl (C=O) groups excluding carboxylic acids is 2. The Morgan fingerprint density at radius 1 is 1.12 bits per heavy atom. The normalized spacial score (nSPS) is 14.5. The lowest BCUT2D eigenvalue weighted by atomic mass is 10.0. The van der Waals surface area contributed by atoms with Crippen LogP contribution in [0.2, 0.25) is 0 Å². The molecule has 0 saturated carbocycles. The van der Waals surface area contributed by atoms with Gasteiger partial charge in [0, 0.05) is 12.1 Å². The summed E-state index contributed by atoms with van der Waals surface area (Å²) < 4.78 is 56.4. The number of ether oxygens (including phenoxy) is 1. The maximum absolute atomic E-state index is 13.9. The number of hydrogen-bond donors (Lipinski definition) is 1. The summed E-state index contributed by atoms with van der Waals surface area (Å²) in [6, 6.07) is 15.8. The summed E-state index contributed by atoms with van der Waals surface area (Å²) in [5, 5.41) is 7.32. The number of aliphatic imine (C=N–C) groups is 1. The third-order valence-corrected chi connectivity index (χ3v) is 7.19. The minimum absolute atomic E-state index is 0.0641. The van der Waals surface area contributed by atoms with Gasteiger partial charge in [-0.25, -0.2) is 18.9 Å². The van der Waals surface area contributed by atoms with Crippen LogP contribution in [0.15, 0.2) is 78.0 Å². The predicted octanol–water partition coefficient (Wildman–Crippen LogP) is 6.44. The van der Waals surface area contributed by atoms with Crippen molar-refractivity contribution < 1.29 is 31.9 Å². The zero-order valence-electron chi connectivity index (χ0n) is 22.8. The average molecular weight is 613 g/mol. The summed E-state index contributed by atoms with van der Waals surface area (Å²) in [5.74, 6) is -0.616. The minimum Gasteiger partial charge on any atom is -0.406 e. The summed E-state index contributed by atoms with van der Waals surface area (Å²) in [6.07, 6.45) is -3.35. The Hall–Kier alpha value is -4.72. The van der Waals surface area contributed by atoms with E-state index in [0.717, 1.165) is 17.3 Å². The van der Waals surface area contributed by atoms with Crippen molar-refractivity contribution in [3.8, 4) is 22.8 Å². The van der Waals surface area contributed by atoms with Gasteiger partial charge >= 0.3 is 12.4 Å². The van der Waals surface area contributed by atoms with E-state index in [1.165, 1.54) is 58.4 Å². The molecule has 4 aromatic rings. The number of hydrogen-bond acceptors (Lipinski definition) is 6. The number of aromatic nitrogens is 3. The van der Waals surface area contributed by atoms with E-state index in [4.69, 9.17) is 0 Å². The van der Waals surface area contributed by atoms with Crippen molar-refractivity contribution in [3.05, 3.63) is 90.0 Å². The summed E-state index contributed by atoms with van der Waals surface area (Å²) in [7, 11) is 0. The molecule has 0 bridgehead atoms. The van der Waals surface area contributed by atoms with Crippen LogP contribution >= 0.6 is 11.8 Å². The monoisotopic (exact) mass is 612 g/mol. The van der Waals surface area contributed by atoms with Gasteiger partial charge in [0.15, 0.2) is 11.0 Å². The van der Waals surface area contributed by atoms with E-state index in [1.54, 1.807) is 24.3 Å². The van der Waals surface area contributed by atoms with Crippen LogP contribution in [0.1, 0.15) is 30.9 Å². The Bertz CT molecular complexity index is 1690. The Balaban J connectivity index is 1.26. The first-order valence-corrected chi connectivity index (χ1v) is 13.9. The third-order valence-electron chi connectivity index (χ3n) is 6.27. The number of carbonyl (C=O) groups is 2. The van der Waals surface area contributed by atoms with Gasteiger partial charge in [-0.15, -0.1) is 18.3 Å². The summed E-state index contributed by atoms with van der Waals surface area (Å²) >= 11 is 1.13. The Morgan fingerprint density at radius 2 is 1.88 bits per heavy atom. The van der Waals surface area contributed by atoms with Gasteiger partial charge in [-0.05, 0) is 65.6 Å². The molecule has 14 heteroatoms. The van der Waals surface area contributed by atoms with E-state index in [0.29, 0.717) is 28.3 Å². The summed E-state index contributed by atoms with van der Waals surface area (Å²) in [4.78, 5) is 35.1. The van der Waals surface area contributed by atoms with E-state index in [2.05, 4.69) is 25.1 Å². The zero-order valence-corrected chi connectivity index (χ0v) is 23.6. The smallest absolute Gasteiger partial charge is 0.406 e. The number of anilines is 1. The van der Waals surface area contributed by atoms with Gasteiger partial charge in [0.05, 0.1) is 17.1 Å².